The third kappa shape index (κ3) is 2.76. The minimum Gasteiger partial charge on any atom is -0.493 e. The Hall–Kier alpha value is -1.94. The summed E-state index contributed by atoms with van der Waals surface area (Å²) in [6.07, 6.45) is 0.995. The normalized spacial score (nSPS) is 14.6. The molecule has 1 aromatic heterocycles. The molecular formula is C17H21N3O. The van der Waals surface area contributed by atoms with Gasteiger partial charge in [0.15, 0.2) is 0 Å². The molecule has 0 amide bonds. The number of hydrogen-bond acceptors (Lipinski definition) is 4. The fourth-order valence-electron chi connectivity index (χ4n) is 2.86. The van der Waals surface area contributed by atoms with Gasteiger partial charge in [-0.3, -0.25) is 0 Å². The molecule has 4 nitrogen and oxygen atoms in total. The Bertz CT molecular complexity index is 654. The Kier molecular flexibility index (Phi) is 3.88. The molecule has 3 rings (SSSR count). The average Bonchev–Trinajstić information content (AvgIpc) is 2.95. The molecule has 1 atom stereocenters. The Balaban J connectivity index is 2.03. The quantitative estimate of drug-likeness (QED) is 0.937. The summed E-state index contributed by atoms with van der Waals surface area (Å²) in [4.78, 5) is 0. The van der Waals surface area contributed by atoms with E-state index in [4.69, 9.17) is 4.74 Å². The molecule has 0 radical (unpaired) electrons. The van der Waals surface area contributed by atoms with Crippen LogP contribution in [-0.4, -0.2) is 23.3 Å². The van der Waals surface area contributed by atoms with Crippen LogP contribution < -0.4 is 10.1 Å². The predicted octanol–water partition coefficient (Wildman–Crippen LogP) is 2.73. The zero-order valence-corrected chi connectivity index (χ0v) is 12.8. The van der Waals surface area contributed by atoms with Crippen molar-refractivity contribution in [1.82, 2.24) is 15.5 Å². The molecule has 1 N–H and O–H groups in total. The molecule has 0 aliphatic carbocycles. The largest absolute Gasteiger partial charge is 0.493 e. The summed E-state index contributed by atoms with van der Waals surface area (Å²) in [5, 5.41) is 12.0. The summed E-state index contributed by atoms with van der Waals surface area (Å²) >= 11 is 0. The minimum atomic E-state index is 0.148. The van der Waals surface area contributed by atoms with Crippen molar-refractivity contribution < 1.29 is 4.74 Å². The van der Waals surface area contributed by atoms with E-state index in [1.807, 2.05) is 13.8 Å². The molecular weight excluding hydrogens is 262 g/mol. The lowest BCUT2D eigenvalue weighted by Gasteiger charge is -2.21. The molecule has 1 aliphatic heterocycles. The molecule has 2 aromatic rings. The summed E-state index contributed by atoms with van der Waals surface area (Å²) < 4.78 is 5.60. The first-order chi connectivity index (χ1) is 10.2. The summed E-state index contributed by atoms with van der Waals surface area (Å²) in [5.41, 5.74) is 5.68. The number of nitrogens with one attached hydrogen (secondary N) is 1. The monoisotopic (exact) mass is 283 g/mol. The van der Waals surface area contributed by atoms with E-state index in [0.717, 1.165) is 36.7 Å². The van der Waals surface area contributed by atoms with Crippen LogP contribution in [0.1, 0.15) is 41.0 Å². The van der Waals surface area contributed by atoms with Crippen LogP contribution in [0.4, 0.5) is 0 Å². The van der Waals surface area contributed by atoms with Gasteiger partial charge in [-0.15, -0.1) is 0 Å². The second-order valence-electron chi connectivity index (χ2n) is 5.48. The van der Waals surface area contributed by atoms with Gasteiger partial charge in [-0.25, -0.2) is 0 Å². The Labute approximate surface area is 125 Å². The van der Waals surface area contributed by atoms with E-state index in [1.54, 1.807) is 0 Å². The van der Waals surface area contributed by atoms with E-state index >= 15 is 0 Å². The van der Waals surface area contributed by atoms with E-state index in [0.29, 0.717) is 0 Å². The molecule has 0 bridgehead atoms. The second-order valence-corrected chi connectivity index (χ2v) is 5.48. The van der Waals surface area contributed by atoms with Crippen molar-refractivity contribution in [2.24, 2.45) is 0 Å². The van der Waals surface area contributed by atoms with Crippen LogP contribution in [0.25, 0.3) is 0 Å². The first kappa shape index (κ1) is 14.0. The van der Waals surface area contributed by atoms with Crippen LogP contribution in [0.5, 0.6) is 5.75 Å². The van der Waals surface area contributed by atoms with Crippen molar-refractivity contribution in [1.29, 1.82) is 0 Å². The molecule has 1 aliphatic rings. The number of rotatable bonds is 4. The van der Waals surface area contributed by atoms with Gasteiger partial charge in [0.25, 0.3) is 0 Å². The lowest BCUT2D eigenvalue weighted by atomic mass is 9.95. The summed E-state index contributed by atoms with van der Waals surface area (Å²) in [5.74, 6) is 1.02. The molecule has 0 fully saturated rings. The summed E-state index contributed by atoms with van der Waals surface area (Å²) in [6, 6.07) is 8.76. The van der Waals surface area contributed by atoms with Crippen LogP contribution >= 0.6 is 0 Å². The van der Waals surface area contributed by atoms with Gasteiger partial charge >= 0.3 is 0 Å². The maximum absolute atomic E-state index is 5.60. The van der Waals surface area contributed by atoms with Gasteiger partial charge in [-0.05, 0) is 49.2 Å². The Morgan fingerprint density at radius 2 is 2.10 bits per heavy atom. The average molecular weight is 283 g/mol. The van der Waals surface area contributed by atoms with Crippen LogP contribution in [-0.2, 0) is 6.42 Å². The summed E-state index contributed by atoms with van der Waals surface area (Å²) in [7, 11) is 0. The predicted molar refractivity (Wildman–Crippen MR) is 82.7 cm³/mol. The van der Waals surface area contributed by atoms with Gasteiger partial charge in [0.05, 0.1) is 24.0 Å². The summed E-state index contributed by atoms with van der Waals surface area (Å²) in [6.45, 7) is 7.82. The van der Waals surface area contributed by atoms with Crippen LogP contribution in [0, 0.1) is 13.8 Å². The SMILES string of the molecule is CCNC(c1ccc2c(c1)CCO2)c1cc(C)nnc1C. The van der Waals surface area contributed by atoms with Crippen molar-refractivity contribution in [3.05, 3.63) is 52.3 Å². The maximum atomic E-state index is 5.60. The zero-order valence-electron chi connectivity index (χ0n) is 12.8. The highest BCUT2D eigenvalue weighted by molar-refractivity contribution is 5.44. The molecule has 0 spiro atoms. The van der Waals surface area contributed by atoms with Gasteiger partial charge in [0, 0.05) is 6.42 Å². The molecule has 1 unspecified atom stereocenters. The third-order valence-electron chi connectivity index (χ3n) is 3.91. The van der Waals surface area contributed by atoms with Gasteiger partial charge in [-0.2, -0.15) is 10.2 Å². The second kappa shape index (κ2) is 5.82. The highest BCUT2D eigenvalue weighted by atomic mass is 16.5. The van der Waals surface area contributed by atoms with Crippen LogP contribution in [0.3, 0.4) is 0 Å². The number of nitrogens with zero attached hydrogens (tertiary/aromatic N) is 2. The van der Waals surface area contributed by atoms with Gasteiger partial charge < -0.3 is 10.1 Å². The number of aryl methyl sites for hydroxylation is 2. The Morgan fingerprint density at radius 1 is 1.24 bits per heavy atom. The fraction of sp³-hybridized carbons (Fsp3) is 0.412. The van der Waals surface area contributed by atoms with Crippen molar-refractivity contribution in [3.8, 4) is 5.75 Å². The van der Waals surface area contributed by atoms with E-state index in [1.165, 1.54) is 16.7 Å². The molecule has 110 valence electrons. The number of aromatic nitrogens is 2. The topological polar surface area (TPSA) is 47.0 Å². The number of benzene rings is 1. The number of hydrogen-bond donors (Lipinski definition) is 1. The van der Waals surface area contributed by atoms with E-state index < -0.39 is 0 Å². The number of fused-ring (bicyclic) bond motifs is 1. The lowest BCUT2D eigenvalue weighted by Crippen LogP contribution is -2.23. The van der Waals surface area contributed by atoms with Crippen LogP contribution in [0.15, 0.2) is 24.3 Å². The first-order valence-electron chi connectivity index (χ1n) is 7.49. The maximum Gasteiger partial charge on any atom is 0.122 e. The Morgan fingerprint density at radius 3 is 2.90 bits per heavy atom. The zero-order chi connectivity index (χ0) is 14.8. The van der Waals surface area contributed by atoms with Crippen molar-refractivity contribution in [2.75, 3.05) is 13.2 Å². The van der Waals surface area contributed by atoms with E-state index in [2.05, 4.69) is 46.7 Å². The molecule has 0 saturated heterocycles. The van der Waals surface area contributed by atoms with E-state index in [-0.39, 0.29) is 6.04 Å². The van der Waals surface area contributed by atoms with Crippen molar-refractivity contribution in [3.63, 3.8) is 0 Å². The van der Waals surface area contributed by atoms with Gasteiger partial charge in [0.2, 0.25) is 0 Å². The van der Waals surface area contributed by atoms with Crippen LogP contribution in [0.2, 0.25) is 0 Å². The molecule has 0 saturated carbocycles. The highest BCUT2D eigenvalue weighted by Crippen LogP contribution is 2.31. The lowest BCUT2D eigenvalue weighted by molar-refractivity contribution is 0.357. The molecule has 2 heterocycles. The highest BCUT2D eigenvalue weighted by Gasteiger charge is 2.20. The van der Waals surface area contributed by atoms with Crippen molar-refractivity contribution in [2.45, 2.75) is 33.2 Å². The number of ether oxygens (including phenoxy) is 1. The molecule has 1 aromatic carbocycles. The fourth-order valence-corrected chi connectivity index (χ4v) is 2.86. The molecule has 4 heteroatoms. The third-order valence-corrected chi connectivity index (χ3v) is 3.91. The van der Waals surface area contributed by atoms with Gasteiger partial charge in [0.1, 0.15) is 5.75 Å². The minimum absolute atomic E-state index is 0.148. The van der Waals surface area contributed by atoms with Crippen molar-refractivity contribution >= 4 is 0 Å². The van der Waals surface area contributed by atoms with Gasteiger partial charge in [-0.1, -0.05) is 19.1 Å². The standard InChI is InChI=1S/C17H21N3O/c1-4-18-17(15-9-11(2)19-20-12(15)3)14-5-6-16-13(10-14)7-8-21-16/h5-6,9-10,17-18H,4,7-8H2,1-3H3. The smallest absolute Gasteiger partial charge is 0.122 e. The molecule has 21 heavy (non-hydrogen) atoms. The first-order valence-corrected chi connectivity index (χ1v) is 7.49. The van der Waals surface area contributed by atoms with E-state index in [9.17, 15) is 0 Å².